The fourth-order valence-electron chi connectivity index (χ4n) is 3.81. The van der Waals surface area contributed by atoms with Crippen molar-refractivity contribution in [1.82, 2.24) is 10.6 Å². The van der Waals surface area contributed by atoms with Crippen molar-refractivity contribution < 1.29 is 24.5 Å². The number of rotatable bonds is 10. The number of hydrogen-bond acceptors (Lipinski definition) is 5. The molecule has 34 heavy (non-hydrogen) atoms. The Bertz CT molecular complexity index is 1110. The second kappa shape index (κ2) is 11.1. The Hall–Kier alpha value is -3.42. The summed E-state index contributed by atoms with van der Waals surface area (Å²) < 4.78 is 13.3. The highest BCUT2D eigenvalue weighted by Crippen LogP contribution is 2.25. The fourth-order valence-corrected chi connectivity index (χ4v) is 3.81. The highest BCUT2D eigenvalue weighted by atomic mass is 19.1. The van der Waals surface area contributed by atoms with Crippen LogP contribution in [0.15, 0.2) is 66.7 Å². The Morgan fingerprint density at radius 3 is 2.35 bits per heavy atom. The lowest BCUT2D eigenvalue weighted by molar-refractivity contribution is 0.0954. The number of phenolic OH excluding ortho intramolecular Hbond substituents is 2. The van der Waals surface area contributed by atoms with Gasteiger partial charge in [-0.25, -0.2) is 4.39 Å². The molecule has 0 aromatic heterocycles. The second-order valence-corrected chi connectivity index (χ2v) is 9.08. The minimum Gasteiger partial charge on any atom is -0.508 e. The second-order valence-electron chi connectivity index (χ2n) is 9.08. The van der Waals surface area contributed by atoms with Crippen LogP contribution in [-0.4, -0.2) is 39.9 Å². The molecule has 0 bridgehead atoms. The Balaban J connectivity index is 1.54. The first-order chi connectivity index (χ1) is 16.1. The van der Waals surface area contributed by atoms with Crippen molar-refractivity contribution in [3.8, 4) is 11.5 Å². The molecule has 1 unspecified atom stereocenters. The van der Waals surface area contributed by atoms with Gasteiger partial charge in [0.2, 0.25) is 0 Å². The molecule has 6 nitrogen and oxygen atoms in total. The van der Waals surface area contributed by atoms with E-state index in [4.69, 9.17) is 0 Å². The zero-order chi connectivity index (χ0) is 24.7. The average Bonchev–Trinajstić information content (AvgIpc) is 2.77. The van der Waals surface area contributed by atoms with E-state index in [-0.39, 0.29) is 29.8 Å². The molecule has 3 aromatic carbocycles. The van der Waals surface area contributed by atoms with Crippen molar-refractivity contribution in [3.05, 3.63) is 94.8 Å². The molecule has 0 saturated heterocycles. The Morgan fingerprint density at radius 2 is 1.65 bits per heavy atom. The first-order valence-corrected chi connectivity index (χ1v) is 11.2. The summed E-state index contributed by atoms with van der Waals surface area (Å²) in [4.78, 5) is 12.6. The Morgan fingerprint density at radius 1 is 0.971 bits per heavy atom. The van der Waals surface area contributed by atoms with Crippen LogP contribution in [0.3, 0.4) is 0 Å². The van der Waals surface area contributed by atoms with Crippen molar-refractivity contribution in [2.45, 2.75) is 38.3 Å². The molecule has 0 radical (unpaired) electrons. The molecule has 3 aromatic rings. The van der Waals surface area contributed by atoms with E-state index in [1.54, 1.807) is 12.1 Å². The van der Waals surface area contributed by atoms with Crippen LogP contribution in [0, 0.1) is 5.82 Å². The van der Waals surface area contributed by atoms with Crippen LogP contribution in [0.1, 0.15) is 47.0 Å². The van der Waals surface area contributed by atoms with Crippen molar-refractivity contribution >= 4 is 5.91 Å². The van der Waals surface area contributed by atoms with Crippen molar-refractivity contribution in [1.29, 1.82) is 0 Å². The van der Waals surface area contributed by atoms with Crippen LogP contribution in [0.2, 0.25) is 0 Å². The number of aliphatic hydroxyl groups is 1. The summed E-state index contributed by atoms with van der Waals surface area (Å²) in [5.74, 6) is -0.706. The molecule has 5 N–H and O–H groups in total. The average molecular weight is 467 g/mol. The zero-order valence-corrected chi connectivity index (χ0v) is 19.4. The van der Waals surface area contributed by atoms with Crippen LogP contribution in [0.5, 0.6) is 11.5 Å². The maximum absolute atomic E-state index is 13.3. The number of aromatic hydroxyl groups is 2. The van der Waals surface area contributed by atoms with Gasteiger partial charge in [-0.15, -0.1) is 0 Å². The molecule has 0 spiro atoms. The topological polar surface area (TPSA) is 102 Å². The number of carbonyl (C=O) groups is 1. The molecule has 7 heteroatoms. The number of hydrogen-bond donors (Lipinski definition) is 5. The van der Waals surface area contributed by atoms with Gasteiger partial charge in [0.25, 0.3) is 5.91 Å². The SMILES string of the molecule is CC(C)(Cc1cccc(C(=O)NCCc2cccc(F)c2)c1)NCC(O)c1cc(O)cc(O)c1. The van der Waals surface area contributed by atoms with Gasteiger partial charge in [-0.05, 0) is 79.8 Å². The highest BCUT2D eigenvalue weighted by Gasteiger charge is 2.21. The van der Waals surface area contributed by atoms with Crippen LogP contribution >= 0.6 is 0 Å². The predicted octanol–water partition coefficient (Wildman–Crippen LogP) is 3.85. The minimum atomic E-state index is -0.910. The molecule has 0 heterocycles. The van der Waals surface area contributed by atoms with E-state index in [0.29, 0.717) is 30.5 Å². The molecule has 1 amide bonds. The lowest BCUT2D eigenvalue weighted by atomic mass is 9.93. The molecule has 0 aliphatic rings. The van der Waals surface area contributed by atoms with Crippen LogP contribution in [0.4, 0.5) is 4.39 Å². The van der Waals surface area contributed by atoms with Gasteiger partial charge in [0, 0.05) is 30.3 Å². The summed E-state index contributed by atoms with van der Waals surface area (Å²) in [5.41, 5.74) is 2.34. The number of amides is 1. The number of nitrogens with one attached hydrogen (secondary N) is 2. The van der Waals surface area contributed by atoms with Crippen LogP contribution in [-0.2, 0) is 12.8 Å². The van der Waals surface area contributed by atoms with E-state index < -0.39 is 11.6 Å². The standard InChI is InChI=1S/C27H31FN2O4/c1-27(2,30-17-25(33)21-13-23(31)15-24(32)14-21)16-19-6-3-7-20(11-19)26(34)29-10-9-18-5-4-8-22(28)12-18/h3-8,11-15,25,30-33H,9-10,16-17H2,1-2H3,(H,29,34). The summed E-state index contributed by atoms with van der Waals surface area (Å²) in [7, 11) is 0. The van der Waals surface area contributed by atoms with E-state index in [2.05, 4.69) is 10.6 Å². The van der Waals surface area contributed by atoms with E-state index in [9.17, 15) is 24.5 Å². The lowest BCUT2D eigenvalue weighted by Gasteiger charge is -2.28. The van der Waals surface area contributed by atoms with Crippen LogP contribution < -0.4 is 10.6 Å². The van der Waals surface area contributed by atoms with Gasteiger partial charge in [-0.1, -0.05) is 24.3 Å². The molecule has 0 aliphatic heterocycles. The number of halogens is 1. The molecule has 180 valence electrons. The smallest absolute Gasteiger partial charge is 0.251 e. The minimum absolute atomic E-state index is 0.112. The molecule has 0 aliphatic carbocycles. The van der Waals surface area contributed by atoms with Gasteiger partial charge in [0.1, 0.15) is 17.3 Å². The molecule has 1 atom stereocenters. The van der Waals surface area contributed by atoms with E-state index in [1.807, 2.05) is 38.1 Å². The normalized spacial score (nSPS) is 12.4. The summed E-state index contributed by atoms with van der Waals surface area (Å²) in [5, 5.41) is 35.9. The maximum atomic E-state index is 13.3. The molecule has 3 rings (SSSR count). The number of β-amino-alcohol motifs (C(OH)–C–C–N with tert-alkyl or cyclic N) is 1. The molecular formula is C27H31FN2O4. The monoisotopic (exact) mass is 466 g/mol. The van der Waals surface area contributed by atoms with Gasteiger partial charge in [-0.3, -0.25) is 4.79 Å². The number of aliphatic hydroxyl groups excluding tert-OH is 1. The quantitative estimate of drug-likeness (QED) is 0.312. The molecule has 0 fully saturated rings. The largest absolute Gasteiger partial charge is 0.508 e. The van der Waals surface area contributed by atoms with Gasteiger partial charge in [0.15, 0.2) is 0 Å². The summed E-state index contributed by atoms with van der Waals surface area (Å²) >= 11 is 0. The summed E-state index contributed by atoms with van der Waals surface area (Å²) in [6, 6.07) is 17.7. The lowest BCUT2D eigenvalue weighted by Crippen LogP contribution is -2.43. The van der Waals surface area contributed by atoms with Gasteiger partial charge >= 0.3 is 0 Å². The zero-order valence-electron chi connectivity index (χ0n) is 19.4. The van der Waals surface area contributed by atoms with E-state index in [0.717, 1.165) is 11.1 Å². The van der Waals surface area contributed by atoms with Gasteiger partial charge < -0.3 is 26.0 Å². The van der Waals surface area contributed by atoms with Crippen molar-refractivity contribution in [2.75, 3.05) is 13.1 Å². The Labute approximate surface area is 199 Å². The summed E-state index contributed by atoms with van der Waals surface area (Å²) in [6.45, 7) is 4.61. The fraction of sp³-hybridized carbons (Fsp3) is 0.296. The predicted molar refractivity (Wildman–Crippen MR) is 129 cm³/mol. The first-order valence-electron chi connectivity index (χ1n) is 11.2. The molecule has 0 saturated carbocycles. The highest BCUT2D eigenvalue weighted by molar-refractivity contribution is 5.94. The third kappa shape index (κ3) is 7.57. The maximum Gasteiger partial charge on any atom is 0.251 e. The molecular weight excluding hydrogens is 435 g/mol. The van der Waals surface area contributed by atoms with E-state index >= 15 is 0 Å². The van der Waals surface area contributed by atoms with E-state index in [1.165, 1.54) is 30.3 Å². The summed E-state index contributed by atoms with van der Waals surface area (Å²) in [6.07, 6.45) is 0.238. The third-order valence-electron chi connectivity index (χ3n) is 5.51. The number of phenols is 2. The third-order valence-corrected chi connectivity index (χ3v) is 5.51. The number of benzene rings is 3. The Kier molecular flexibility index (Phi) is 8.26. The van der Waals surface area contributed by atoms with Gasteiger partial charge in [0.05, 0.1) is 6.10 Å². The van der Waals surface area contributed by atoms with Crippen molar-refractivity contribution in [2.24, 2.45) is 0 Å². The van der Waals surface area contributed by atoms with Crippen LogP contribution in [0.25, 0.3) is 0 Å². The van der Waals surface area contributed by atoms with Crippen molar-refractivity contribution in [3.63, 3.8) is 0 Å². The first kappa shape index (κ1) is 25.2. The van der Waals surface area contributed by atoms with Gasteiger partial charge in [-0.2, -0.15) is 0 Å². The number of carbonyl (C=O) groups excluding carboxylic acids is 1.